The quantitative estimate of drug-likeness (QED) is 0.860. The fraction of sp³-hybridized carbons (Fsp3) is 0.571. The Kier molecular flexibility index (Phi) is 4.46. The van der Waals surface area contributed by atoms with Crippen LogP contribution in [0.25, 0.3) is 0 Å². The first-order valence-electron chi connectivity index (χ1n) is 6.31. The lowest BCUT2D eigenvalue weighted by molar-refractivity contribution is 0.413. The Hall–Kier alpha value is -0.540. The summed E-state index contributed by atoms with van der Waals surface area (Å²) >= 11 is 3.65. The molecule has 94 valence electrons. The van der Waals surface area contributed by atoms with E-state index in [1.165, 1.54) is 24.8 Å². The number of halogens is 1. The van der Waals surface area contributed by atoms with E-state index >= 15 is 0 Å². The highest BCUT2D eigenvalue weighted by molar-refractivity contribution is 9.10. The van der Waals surface area contributed by atoms with Crippen LogP contribution in [0.2, 0.25) is 0 Å². The van der Waals surface area contributed by atoms with E-state index in [1.54, 1.807) is 7.11 Å². The molecule has 0 saturated heterocycles. The summed E-state index contributed by atoms with van der Waals surface area (Å²) in [6.45, 7) is 3.17. The van der Waals surface area contributed by atoms with Crippen molar-refractivity contribution in [1.29, 1.82) is 0 Å². The van der Waals surface area contributed by atoms with Crippen molar-refractivity contribution in [2.75, 3.05) is 13.7 Å². The average molecular weight is 298 g/mol. The topological polar surface area (TPSA) is 21.3 Å². The van der Waals surface area contributed by atoms with Gasteiger partial charge in [0.15, 0.2) is 0 Å². The van der Waals surface area contributed by atoms with Crippen LogP contribution < -0.4 is 10.1 Å². The predicted octanol–water partition coefficient (Wildman–Crippen LogP) is 3.91. The molecule has 0 aliphatic heterocycles. The van der Waals surface area contributed by atoms with Crippen LogP contribution in [0.4, 0.5) is 0 Å². The molecule has 0 bridgehead atoms. The van der Waals surface area contributed by atoms with Gasteiger partial charge in [0.25, 0.3) is 0 Å². The Balaban J connectivity index is 2.15. The molecule has 0 radical (unpaired) electrons. The molecule has 1 aromatic carbocycles. The lowest BCUT2D eigenvalue weighted by atomic mass is 10.0. The summed E-state index contributed by atoms with van der Waals surface area (Å²) in [4.78, 5) is 0. The zero-order chi connectivity index (χ0) is 12.3. The molecule has 0 amide bonds. The molecular formula is C14H20BrNO. The van der Waals surface area contributed by atoms with Crippen LogP contribution in [-0.2, 0) is 0 Å². The maximum absolute atomic E-state index is 5.23. The van der Waals surface area contributed by atoms with E-state index < -0.39 is 0 Å². The molecule has 1 aliphatic rings. The number of ether oxygens (including phenoxy) is 1. The molecule has 2 rings (SSSR count). The van der Waals surface area contributed by atoms with E-state index in [9.17, 15) is 0 Å². The average Bonchev–Trinajstić information content (AvgIpc) is 3.12. The Morgan fingerprint density at radius 2 is 2.24 bits per heavy atom. The summed E-state index contributed by atoms with van der Waals surface area (Å²) in [7, 11) is 1.70. The van der Waals surface area contributed by atoms with Gasteiger partial charge in [0, 0.05) is 10.5 Å². The highest BCUT2D eigenvalue weighted by Gasteiger charge is 2.26. The molecule has 1 aliphatic carbocycles. The molecule has 17 heavy (non-hydrogen) atoms. The molecule has 0 spiro atoms. The highest BCUT2D eigenvalue weighted by Crippen LogP contribution is 2.39. The fourth-order valence-electron chi connectivity index (χ4n) is 2.17. The van der Waals surface area contributed by atoms with Gasteiger partial charge in [0.1, 0.15) is 5.75 Å². The van der Waals surface area contributed by atoms with E-state index in [-0.39, 0.29) is 0 Å². The third-order valence-electron chi connectivity index (χ3n) is 3.30. The lowest BCUT2D eigenvalue weighted by Gasteiger charge is -2.20. The van der Waals surface area contributed by atoms with E-state index in [0.29, 0.717) is 6.04 Å². The van der Waals surface area contributed by atoms with Gasteiger partial charge in [-0.3, -0.25) is 0 Å². The molecule has 1 N–H and O–H groups in total. The molecule has 3 heteroatoms. The third kappa shape index (κ3) is 3.46. The number of methoxy groups -OCH3 is 1. The van der Waals surface area contributed by atoms with Crippen molar-refractivity contribution in [1.82, 2.24) is 5.32 Å². The zero-order valence-corrected chi connectivity index (χ0v) is 12.1. The van der Waals surface area contributed by atoms with Crippen LogP contribution in [0.5, 0.6) is 5.75 Å². The summed E-state index contributed by atoms with van der Waals surface area (Å²) in [6.07, 6.45) is 4.05. The summed E-state index contributed by atoms with van der Waals surface area (Å²) < 4.78 is 6.37. The van der Waals surface area contributed by atoms with Crippen LogP contribution in [0, 0.1) is 5.92 Å². The van der Waals surface area contributed by atoms with Crippen molar-refractivity contribution < 1.29 is 4.74 Å². The molecule has 0 heterocycles. The second-order valence-electron chi connectivity index (χ2n) is 4.68. The number of benzene rings is 1. The molecular weight excluding hydrogens is 278 g/mol. The van der Waals surface area contributed by atoms with Gasteiger partial charge in [-0.25, -0.2) is 0 Å². The number of rotatable bonds is 6. The van der Waals surface area contributed by atoms with Crippen LogP contribution in [-0.4, -0.2) is 13.7 Å². The van der Waals surface area contributed by atoms with Crippen molar-refractivity contribution in [3.63, 3.8) is 0 Å². The van der Waals surface area contributed by atoms with Gasteiger partial charge in [-0.1, -0.05) is 41.8 Å². The van der Waals surface area contributed by atoms with Gasteiger partial charge in [-0.05, 0) is 36.6 Å². The largest absolute Gasteiger partial charge is 0.497 e. The van der Waals surface area contributed by atoms with Gasteiger partial charge >= 0.3 is 0 Å². The Bertz CT molecular complexity index is 376. The monoisotopic (exact) mass is 297 g/mol. The van der Waals surface area contributed by atoms with Crippen molar-refractivity contribution in [3.8, 4) is 5.75 Å². The summed E-state index contributed by atoms with van der Waals surface area (Å²) in [5.41, 5.74) is 1.35. The standard InChI is InChI=1S/C14H20BrNO/c1-3-16-14(8-10-4-5-10)12-7-6-11(17-2)9-13(12)15/h6-7,9-10,14,16H,3-5,8H2,1-2H3. The van der Waals surface area contributed by atoms with Gasteiger partial charge < -0.3 is 10.1 Å². The molecule has 1 fully saturated rings. The molecule has 1 unspecified atom stereocenters. The number of nitrogens with one attached hydrogen (secondary N) is 1. The lowest BCUT2D eigenvalue weighted by Crippen LogP contribution is -2.21. The minimum Gasteiger partial charge on any atom is -0.497 e. The second-order valence-corrected chi connectivity index (χ2v) is 5.53. The minimum absolute atomic E-state index is 0.466. The number of hydrogen-bond donors (Lipinski definition) is 1. The Labute approximate surface area is 112 Å². The normalized spacial score (nSPS) is 16.9. The van der Waals surface area contributed by atoms with E-state index in [1.807, 2.05) is 12.1 Å². The van der Waals surface area contributed by atoms with Crippen LogP contribution in [0.15, 0.2) is 22.7 Å². The van der Waals surface area contributed by atoms with Gasteiger partial charge in [0.2, 0.25) is 0 Å². The van der Waals surface area contributed by atoms with Crippen molar-refractivity contribution in [2.45, 2.75) is 32.2 Å². The first-order chi connectivity index (χ1) is 8.24. The van der Waals surface area contributed by atoms with E-state index in [0.717, 1.165) is 22.7 Å². The summed E-state index contributed by atoms with van der Waals surface area (Å²) in [6, 6.07) is 6.72. The first kappa shape index (κ1) is 12.9. The second kappa shape index (κ2) is 5.87. The SMILES string of the molecule is CCNC(CC1CC1)c1ccc(OC)cc1Br. The number of hydrogen-bond acceptors (Lipinski definition) is 2. The van der Waals surface area contributed by atoms with Gasteiger partial charge in [-0.2, -0.15) is 0 Å². The van der Waals surface area contributed by atoms with Crippen LogP contribution in [0.3, 0.4) is 0 Å². The Morgan fingerprint density at radius 1 is 1.47 bits per heavy atom. The van der Waals surface area contributed by atoms with Crippen molar-refractivity contribution >= 4 is 15.9 Å². The molecule has 1 aromatic rings. The minimum atomic E-state index is 0.466. The maximum atomic E-state index is 5.23. The summed E-state index contributed by atoms with van der Waals surface area (Å²) in [5, 5.41) is 3.58. The maximum Gasteiger partial charge on any atom is 0.120 e. The van der Waals surface area contributed by atoms with Crippen LogP contribution in [0.1, 0.15) is 37.8 Å². The zero-order valence-electron chi connectivity index (χ0n) is 10.5. The van der Waals surface area contributed by atoms with Gasteiger partial charge in [-0.15, -0.1) is 0 Å². The molecule has 1 saturated carbocycles. The van der Waals surface area contributed by atoms with E-state index in [4.69, 9.17) is 4.74 Å². The van der Waals surface area contributed by atoms with Gasteiger partial charge in [0.05, 0.1) is 7.11 Å². The molecule has 2 nitrogen and oxygen atoms in total. The van der Waals surface area contributed by atoms with Crippen LogP contribution >= 0.6 is 15.9 Å². The summed E-state index contributed by atoms with van der Waals surface area (Å²) in [5.74, 6) is 1.83. The predicted molar refractivity (Wildman–Crippen MR) is 74.5 cm³/mol. The van der Waals surface area contributed by atoms with Crippen molar-refractivity contribution in [2.24, 2.45) is 5.92 Å². The first-order valence-corrected chi connectivity index (χ1v) is 7.10. The highest BCUT2D eigenvalue weighted by atomic mass is 79.9. The fourth-order valence-corrected chi connectivity index (χ4v) is 2.81. The van der Waals surface area contributed by atoms with E-state index in [2.05, 4.69) is 34.2 Å². The smallest absolute Gasteiger partial charge is 0.120 e. The third-order valence-corrected chi connectivity index (χ3v) is 3.99. The molecule has 1 atom stereocenters. The van der Waals surface area contributed by atoms with Crippen molar-refractivity contribution in [3.05, 3.63) is 28.2 Å². The molecule has 0 aromatic heterocycles. The Morgan fingerprint density at radius 3 is 2.76 bits per heavy atom.